The lowest BCUT2D eigenvalue weighted by Crippen LogP contribution is -2.40. The normalized spacial score (nSPS) is 16.7. The fourth-order valence-electron chi connectivity index (χ4n) is 2.97. The highest BCUT2D eigenvalue weighted by Gasteiger charge is 2.28. The molecule has 134 valence electrons. The number of rotatable bonds is 6. The van der Waals surface area contributed by atoms with Gasteiger partial charge in [0.15, 0.2) is 0 Å². The number of para-hydroxylation sites is 1. The molecule has 0 aromatic heterocycles. The first-order chi connectivity index (χ1) is 12.0. The number of hydrogen-bond donors (Lipinski definition) is 0. The Balaban J connectivity index is 1.50. The second-order valence-electron chi connectivity index (χ2n) is 6.35. The van der Waals surface area contributed by atoms with E-state index in [2.05, 4.69) is 0 Å². The molecule has 1 heterocycles. The molecule has 0 saturated carbocycles. The van der Waals surface area contributed by atoms with E-state index in [-0.39, 0.29) is 11.6 Å². The second-order valence-corrected chi connectivity index (χ2v) is 8.32. The molecule has 1 fully saturated rings. The van der Waals surface area contributed by atoms with Crippen molar-refractivity contribution < 1.29 is 17.5 Å². The molecule has 0 N–H and O–H groups in total. The molecule has 0 radical (unpaired) electrons. The average molecular weight is 363 g/mol. The lowest BCUT2D eigenvalue weighted by Gasteiger charge is -2.31. The lowest BCUT2D eigenvalue weighted by atomic mass is 9.99. The first kappa shape index (κ1) is 17.9. The van der Waals surface area contributed by atoms with Crippen molar-refractivity contribution >= 4 is 10.0 Å². The van der Waals surface area contributed by atoms with Gasteiger partial charge in [0.1, 0.15) is 11.6 Å². The highest BCUT2D eigenvalue weighted by Crippen LogP contribution is 2.23. The summed E-state index contributed by atoms with van der Waals surface area (Å²) in [5, 5.41) is 0. The fraction of sp³-hybridized carbons (Fsp3) is 0.368. The number of piperidine rings is 1. The lowest BCUT2D eigenvalue weighted by molar-refractivity contribution is 0.185. The van der Waals surface area contributed by atoms with Crippen molar-refractivity contribution in [2.24, 2.45) is 5.92 Å². The molecule has 0 spiro atoms. The predicted molar refractivity (Wildman–Crippen MR) is 95.3 cm³/mol. The SMILES string of the molecule is O=S(=O)(Cc1ccc(F)cc1)N1CCC(COc2ccccc2)CC1. The third kappa shape index (κ3) is 5.03. The Labute approximate surface area is 148 Å². The molecule has 0 atom stereocenters. The van der Waals surface area contributed by atoms with Crippen LogP contribution in [0, 0.1) is 11.7 Å². The van der Waals surface area contributed by atoms with Gasteiger partial charge in [-0.1, -0.05) is 30.3 Å². The highest BCUT2D eigenvalue weighted by atomic mass is 32.2. The molecule has 0 aliphatic carbocycles. The minimum Gasteiger partial charge on any atom is -0.493 e. The van der Waals surface area contributed by atoms with Crippen LogP contribution in [0.4, 0.5) is 4.39 Å². The number of nitrogens with zero attached hydrogens (tertiary/aromatic N) is 1. The summed E-state index contributed by atoms with van der Waals surface area (Å²) in [4.78, 5) is 0. The minimum atomic E-state index is -3.37. The predicted octanol–water partition coefficient (Wildman–Crippen LogP) is 3.45. The van der Waals surface area contributed by atoms with E-state index in [1.54, 1.807) is 0 Å². The molecule has 4 nitrogen and oxygen atoms in total. The molecule has 0 unspecified atom stereocenters. The zero-order chi connectivity index (χ0) is 17.7. The summed E-state index contributed by atoms with van der Waals surface area (Å²) < 4.78 is 45.3. The Bertz CT molecular complexity index is 770. The van der Waals surface area contributed by atoms with Crippen molar-refractivity contribution in [3.05, 3.63) is 66.0 Å². The van der Waals surface area contributed by atoms with E-state index in [1.807, 2.05) is 30.3 Å². The molecule has 2 aromatic rings. The van der Waals surface area contributed by atoms with Gasteiger partial charge in [-0.3, -0.25) is 0 Å². The third-order valence-electron chi connectivity index (χ3n) is 4.46. The minimum absolute atomic E-state index is 0.0849. The number of sulfonamides is 1. The van der Waals surface area contributed by atoms with Crippen molar-refractivity contribution in [3.63, 3.8) is 0 Å². The van der Waals surface area contributed by atoms with E-state index in [0.717, 1.165) is 18.6 Å². The maximum Gasteiger partial charge on any atom is 0.218 e. The molecule has 6 heteroatoms. The van der Waals surface area contributed by atoms with Gasteiger partial charge < -0.3 is 4.74 Å². The molecule has 3 rings (SSSR count). The van der Waals surface area contributed by atoms with Crippen LogP contribution >= 0.6 is 0 Å². The molecule has 1 saturated heterocycles. The van der Waals surface area contributed by atoms with Crippen LogP contribution in [0.3, 0.4) is 0 Å². The van der Waals surface area contributed by atoms with Crippen LogP contribution in [0.5, 0.6) is 5.75 Å². The average Bonchev–Trinajstić information content (AvgIpc) is 2.63. The number of halogens is 1. The van der Waals surface area contributed by atoms with Crippen LogP contribution in [0.15, 0.2) is 54.6 Å². The summed E-state index contributed by atoms with van der Waals surface area (Å²) >= 11 is 0. The highest BCUT2D eigenvalue weighted by molar-refractivity contribution is 7.88. The topological polar surface area (TPSA) is 46.6 Å². The monoisotopic (exact) mass is 363 g/mol. The zero-order valence-electron chi connectivity index (χ0n) is 14.0. The Hall–Kier alpha value is -1.92. The van der Waals surface area contributed by atoms with E-state index in [0.29, 0.717) is 31.2 Å². The Morgan fingerprint density at radius 1 is 1.00 bits per heavy atom. The molecule has 2 aromatic carbocycles. The summed E-state index contributed by atoms with van der Waals surface area (Å²) in [5.41, 5.74) is 0.607. The smallest absolute Gasteiger partial charge is 0.218 e. The second kappa shape index (κ2) is 7.97. The number of ether oxygens (including phenoxy) is 1. The Morgan fingerprint density at radius 2 is 1.64 bits per heavy atom. The summed E-state index contributed by atoms with van der Waals surface area (Å²) in [6, 6.07) is 15.3. The largest absolute Gasteiger partial charge is 0.493 e. The van der Waals surface area contributed by atoms with E-state index in [4.69, 9.17) is 4.74 Å². The summed E-state index contributed by atoms with van der Waals surface area (Å²) in [6.07, 6.45) is 1.57. The van der Waals surface area contributed by atoms with Gasteiger partial charge in [-0.25, -0.2) is 17.1 Å². The first-order valence-electron chi connectivity index (χ1n) is 8.43. The standard InChI is InChI=1S/C19H22FNO3S/c20-18-8-6-17(7-9-18)15-25(22,23)21-12-10-16(11-13-21)14-24-19-4-2-1-3-5-19/h1-9,16H,10-15H2. The van der Waals surface area contributed by atoms with Gasteiger partial charge in [0.05, 0.1) is 12.4 Å². The van der Waals surface area contributed by atoms with Crippen molar-refractivity contribution in [1.29, 1.82) is 0 Å². The van der Waals surface area contributed by atoms with Gasteiger partial charge in [0.2, 0.25) is 10.0 Å². The first-order valence-corrected chi connectivity index (χ1v) is 10.0. The molecular weight excluding hydrogens is 341 g/mol. The molecule has 0 bridgehead atoms. The summed E-state index contributed by atoms with van der Waals surface area (Å²) in [6.45, 7) is 1.62. The molecule has 1 aliphatic heterocycles. The molecule has 0 amide bonds. The van der Waals surface area contributed by atoms with E-state index >= 15 is 0 Å². The van der Waals surface area contributed by atoms with E-state index < -0.39 is 10.0 Å². The maximum absolute atomic E-state index is 12.9. The molecule has 25 heavy (non-hydrogen) atoms. The summed E-state index contributed by atoms with van der Waals surface area (Å²) in [7, 11) is -3.37. The van der Waals surface area contributed by atoms with Crippen molar-refractivity contribution in [3.8, 4) is 5.75 Å². The quantitative estimate of drug-likeness (QED) is 0.790. The number of benzene rings is 2. The van der Waals surface area contributed by atoms with Gasteiger partial charge in [-0.2, -0.15) is 0 Å². The van der Waals surface area contributed by atoms with Gasteiger partial charge in [-0.05, 0) is 48.6 Å². The molecule has 1 aliphatic rings. The van der Waals surface area contributed by atoms with Crippen LogP contribution in [-0.2, 0) is 15.8 Å². The fourth-order valence-corrected chi connectivity index (χ4v) is 4.53. The Kier molecular flexibility index (Phi) is 5.71. The van der Waals surface area contributed by atoms with Crippen LogP contribution < -0.4 is 4.74 Å². The summed E-state index contributed by atoms with van der Waals surface area (Å²) in [5.74, 6) is 0.755. The van der Waals surface area contributed by atoms with Crippen LogP contribution in [-0.4, -0.2) is 32.4 Å². The van der Waals surface area contributed by atoms with Crippen molar-refractivity contribution in [2.45, 2.75) is 18.6 Å². The maximum atomic E-state index is 12.9. The van der Waals surface area contributed by atoms with Crippen LogP contribution in [0.2, 0.25) is 0 Å². The van der Waals surface area contributed by atoms with Crippen molar-refractivity contribution in [1.82, 2.24) is 4.31 Å². The third-order valence-corrected chi connectivity index (χ3v) is 6.31. The van der Waals surface area contributed by atoms with Gasteiger partial charge in [0, 0.05) is 13.1 Å². The molecular formula is C19H22FNO3S. The van der Waals surface area contributed by atoms with E-state index in [9.17, 15) is 12.8 Å². The Morgan fingerprint density at radius 3 is 2.28 bits per heavy atom. The van der Waals surface area contributed by atoms with E-state index in [1.165, 1.54) is 28.6 Å². The van der Waals surface area contributed by atoms with Crippen LogP contribution in [0.25, 0.3) is 0 Å². The van der Waals surface area contributed by atoms with Crippen LogP contribution in [0.1, 0.15) is 18.4 Å². The van der Waals surface area contributed by atoms with Crippen molar-refractivity contribution in [2.75, 3.05) is 19.7 Å². The zero-order valence-corrected chi connectivity index (χ0v) is 14.8. The number of hydrogen-bond acceptors (Lipinski definition) is 3. The van der Waals surface area contributed by atoms with Gasteiger partial charge in [0.25, 0.3) is 0 Å². The van der Waals surface area contributed by atoms with Gasteiger partial charge >= 0.3 is 0 Å². The van der Waals surface area contributed by atoms with Gasteiger partial charge in [-0.15, -0.1) is 0 Å².